The molecule has 1 spiro atoms. The Hall–Kier alpha value is -2.13. The van der Waals surface area contributed by atoms with Crippen molar-refractivity contribution >= 4 is 11.9 Å². The molecule has 162 valence electrons. The third-order valence-electron chi connectivity index (χ3n) is 7.77. The lowest BCUT2D eigenvalue weighted by Gasteiger charge is -2.65. The van der Waals surface area contributed by atoms with E-state index in [4.69, 9.17) is 0 Å². The molecule has 6 nitrogen and oxygen atoms in total. The number of piperidine rings is 1. The summed E-state index contributed by atoms with van der Waals surface area (Å²) < 4.78 is 39.8. The van der Waals surface area contributed by atoms with Crippen LogP contribution in [0.25, 0.3) is 0 Å². The van der Waals surface area contributed by atoms with Gasteiger partial charge in [-0.1, -0.05) is 23.8 Å². The Kier molecular flexibility index (Phi) is 3.94. The van der Waals surface area contributed by atoms with Gasteiger partial charge in [0.15, 0.2) is 0 Å². The molecule has 0 radical (unpaired) electrons. The summed E-state index contributed by atoms with van der Waals surface area (Å²) in [5.41, 5.74) is -0.646. The van der Waals surface area contributed by atoms with Gasteiger partial charge in [0, 0.05) is 11.5 Å². The molecule has 1 saturated carbocycles. The number of carbonyl (C=O) groups excluding carboxylic acids is 2. The van der Waals surface area contributed by atoms with Gasteiger partial charge in [0.1, 0.15) is 5.54 Å². The average Bonchev–Trinajstić information content (AvgIpc) is 2.91. The van der Waals surface area contributed by atoms with Gasteiger partial charge in [0.05, 0.1) is 12.1 Å². The fraction of sp³-hybridized carbons (Fsp3) is 0.619. The average molecular weight is 423 g/mol. The fourth-order valence-electron chi connectivity index (χ4n) is 6.51. The Bertz CT molecular complexity index is 951. The van der Waals surface area contributed by atoms with Gasteiger partial charge in [-0.15, -0.1) is 0 Å². The minimum atomic E-state index is -4.36. The van der Waals surface area contributed by atoms with Crippen molar-refractivity contribution in [1.29, 1.82) is 0 Å². The Labute approximate surface area is 171 Å². The van der Waals surface area contributed by atoms with Crippen molar-refractivity contribution in [2.24, 2.45) is 0 Å². The molecule has 2 saturated heterocycles. The number of alkyl halides is 3. The number of imide groups is 1. The number of nitrogens with zero attached hydrogens (tertiary/aromatic N) is 1. The summed E-state index contributed by atoms with van der Waals surface area (Å²) >= 11 is 0. The van der Waals surface area contributed by atoms with E-state index in [-0.39, 0.29) is 32.2 Å². The van der Waals surface area contributed by atoms with Gasteiger partial charge in [-0.2, -0.15) is 13.2 Å². The Morgan fingerprint density at radius 2 is 2.00 bits per heavy atom. The van der Waals surface area contributed by atoms with Crippen molar-refractivity contribution in [2.75, 3.05) is 13.1 Å². The van der Waals surface area contributed by atoms with Gasteiger partial charge in [0.2, 0.25) is 0 Å². The van der Waals surface area contributed by atoms with Gasteiger partial charge >= 0.3 is 12.2 Å². The number of carbonyl (C=O) groups is 2. The van der Waals surface area contributed by atoms with E-state index in [1.54, 1.807) is 0 Å². The van der Waals surface area contributed by atoms with E-state index in [0.29, 0.717) is 6.42 Å². The third kappa shape index (κ3) is 2.57. The quantitative estimate of drug-likeness (QED) is 0.603. The molecule has 2 aliphatic carbocycles. The predicted octanol–water partition coefficient (Wildman–Crippen LogP) is 1.92. The summed E-state index contributed by atoms with van der Waals surface area (Å²) in [6.45, 7) is 1.04. The monoisotopic (exact) mass is 423 g/mol. The van der Waals surface area contributed by atoms with Crippen LogP contribution in [0.2, 0.25) is 0 Å². The Balaban J connectivity index is 1.65. The third-order valence-corrected chi connectivity index (χ3v) is 7.77. The van der Waals surface area contributed by atoms with Gasteiger partial charge in [-0.3, -0.25) is 15.0 Å². The normalized spacial score (nSPS) is 38.1. The molecule has 2 heterocycles. The van der Waals surface area contributed by atoms with Crippen molar-refractivity contribution in [3.05, 3.63) is 34.9 Å². The summed E-state index contributed by atoms with van der Waals surface area (Å²) in [7, 11) is 0. The fourth-order valence-corrected chi connectivity index (χ4v) is 6.51. The molecule has 30 heavy (non-hydrogen) atoms. The zero-order valence-corrected chi connectivity index (χ0v) is 16.6. The lowest BCUT2D eigenvalue weighted by molar-refractivity contribution is -0.209. The molecular formula is C21H24F3N3O3. The van der Waals surface area contributed by atoms with Crippen molar-refractivity contribution in [3.8, 4) is 0 Å². The number of benzene rings is 1. The maximum absolute atomic E-state index is 13.3. The molecule has 1 aromatic carbocycles. The van der Waals surface area contributed by atoms with E-state index in [1.165, 1.54) is 4.90 Å². The molecule has 3 N–H and O–H groups in total. The van der Waals surface area contributed by atoms with Crippen LogP contribution in [0, 0.1) is 6.92 Å². The second kappa shape index (κ2) is 5.97. The van der Waals surface area contributed by atoms with E-state index in [0.717, 1.165) is 16.7 Å². The predicted molar refractivity (Wildman–Crippen MR) is 101 cm³/mol. The first-order chi connectivity index (χ1) is 14.0. The number of likely N-dealkylation sites (tertiary alicyclic amines) is 1. The van der Waals surface area contributed by atoms with Crippen LogP contribution >= 0.6 is 0 Å². The second-order valence-corrected chi connectivity index (χ2v) is 9.39. The van der Waals surface area contributed by atoms with Crippen LogP contribution < -0.4 is 10.6 Å². The highest BCUT2D eigenvalue weighted by molar-refractivity contribution is 6.07. The number of amides is 3. The molecule has 3 amide bonds. The molecule has 1 aromatic rings. The number of rotatable bonds is 1. The van der Waals surface area contributed by atoms with Gasteiger partial charge < -0.3 is 10.4 Å². The van der Waals surface area contributed by atoms with Crippen molar-refractivity contribution in [1.82, 2.24) is 15.5 Å². The zero-order valence-electron chi connectivity index (χ0n) is 16.6. The van der Waals surface area contributed by atoms with Gasteiger partial charge in [0.25, 0.3) is 5.91 Å². The van der Waals surface area contributed by atoms with Crippen molar-refractivity contribution in [3.63, 3.8) is 0 Å². The molecule has 0 unspecified atom stereocenters. The number of aryl methyl sites for hydroxylation is 1. The Morgan fingerprint density at radius 1 is 1.23 bits per heavy atom. The summed E-state index contributed by atoms with van der Waals surface area (Å²) in [6.07, 6.45) is -3.22. The SMILES string of the molecule is Cc1ccc2c(c1)[C@]13CCN(CC(F)(F)F)[C@H](C2)[C@]1(O)CC[C@@]1(C3)NC(=O)NC1=O. The Morgan fingerprint density at radius 3 is 2.67 bits per heavy atom. The number of urea groups is 1. The highest BCUT2D eigenvalue weighted by Gasteiger charge is 2.69. The first kappa shape index (κ1) is 19.8. The smallest absolute Gasteiger partial charge is 0.387 e. The maximum atomic E-state index is 13.3. The number of hydrogen-bond acceptors (Lipinski definition) is 4. The summed E-state index contributed by atoms with van der Waals surface area (Å²) in [5.74, 6) is -0.419. The summed E-state index contributed by atoms with van der Waals surface area (Å²) in [4.78, 5) is 26.0. The molecule has 3 fully saturated rings. The molecule has 0 aromatic heterocycles. The minimum Gasteiger partial charge on any atom is -0.387 e. The standard InChI is InChI=1S/C21H24F3N3O3/c1-12-2-3-13-9-15-20(30)5-4-19(16(28)25-17(29)26-19)10-18(20,14(13)8-12)6-7-27(15)11-21(22,23)24/h2-3,8,15,30H,4-7,9-11H2,1H3,(H2,25,26,28,29)/t15-,18-,19+,20-/m1/s1. The highest BCUT2D eigenvalue weighted by Crippen LogP contribution is 2.60. The van der Waals surface area contributed by atoms with Gasteiger partial charge in [-0.05, 0) is 56.7 Å². The van der Waals surface area contributed by atoms with Crippen LogP contribution in [-0.2, 0) is 16.6 Å². The van der Waals surface area contributed by atoms with E-state index in [2.05, 4.69) is 10.6 Å². The lowest BCUT2D eigenvalue weighted by atomic mass is 9.46. The van der Waals surface area contributed by atoms with Crippen LogP contribution in [0.5, 0.6) is 0 Å². The second-order valence-electron chi connectivity index (χ2n) is 9.39. The minimum absolute atomic E-state index is 0.146. The number of fused-ring (bicyclic) bond motifs is 1. The topological polar surface area (TPSA) is 81.7 Å². The largest absolute Gasteiger partial charge is 0.401 e. The van der Waals surface area contributed by atoms with Gasteiger partial charge in [-0.25, -0.2) is 4.79 Å². The van der Waals surface area contributed by atoms with Crippen LogP contribution in [0.15, 0.2) is 18.2 Å². The van der Waals surface area contributed by atoms with Crippen LogP contribution in [0.1, 0.15) is 42.4 Å². The number of halogens is 3. The summed E-state index contributed by atoms with van der Waals surface area (Å²) in [6, 6.07) is 4.58. The molecule has 9 heteroatoms. The van der Waals surface area contributed by atoms with E-state index >= 15 is 0 Å². The van der Waals surface area contributed by atoms with Crippen LogP contribution in [-0.4, -0.2) is 58.4 Å². The van der Waals surface area contributed by atoms with E-state index in [9.17, 15) is 27.9 Å². The van der Waals surface area contributed by atoms with Crippen molar-refractivity contribution in [2.45, 2.75) is 67.8 Å². The zero-order chi connectivity index (χ0) is 21.5. The molecular weight excluding hydrogens is 399 g/mol. The van der Waals surface area contributed by atoms with Crippen molar-refractivity contribution < 1.29 is 27.9 Å². The maximum Gasteiger partial charge on any atom is 0.401 e. The summed E-state index contributed by atoms with van der Waals surface area (Å²) in [5, 5.41) is 17.1. The lowest BCUT2D eigenvalue weighted by Crippen LogP contribution is -2.76. The van der Waals surface area contributed by atoms with Crippen LogP contribution in [0.4, 0.5) is 18.0 Å². The number of hydrogen-bond donors (Lipinski definition) is 3. The first-order valence-electron chi connectivity index (χ1n) is 10.2. The number of aliphatic hydroxyl groups is 1. The number of nitrogens with one attached hydrogen (secondary N) is 2. The molecule has 2 bridgehead atoms. The highest BCUT2D eigenvalue weighted by atomic mass is 19.4. The first-order valence-corrected chi connectivity index (χ1v) is 10.2. The molecule has 2 aliphatic heterocycles. The molecule has 4 aliphatic rings. The van der Waals surface area contributed by atoms with E-state index in [1.807, 2.05) is 25.1 Å². The van der Waals surface area contributed by atoms with E-state index < -0.39 is 47.3 Å². The molecule has 5 rings (SSSR count). The molecule has 4 atom stereocenters. The van der Waals surface area contributed by atoms with Crippen LogP contribution in [0.3, 0.4) is 0 Å².